The summed E-state index contributed by atoms with van der Waals surface area (Å²) < 4.78 is 10.3. The summed E-state index contributed by atoms with van der Waals surface area (Å²) >= 11 is 0. The van der Waals surface area contributed by atoms with Crippen LogP contribution in [-0.2, 0) is 4.74 Å². The standard InChI is InChI=1S/C9H15N3O2/c1-10-8-6-9(12-7-11-8)14-5-3-4-13-2/h6-7H,3-5H2,1-2H3,(H,10,11,12). The topological polar surface area (TPSA) is 56.3 Å². The zero-order chi connectivity index (χ0) is 10.2. The van der Waals surface area contributed by atoms with E-state index in [-0.39, 0.29) is 0 Å². The first kappa shape index (κ1) is 10.7. The SMILES string of the molecule is CNc1cc(OCCCOC)ncn1. The Morgan fingerprint density at radius 2 is 2.21 bits per heavy atom. The Morgan fingerprint density at radius 3 is 2.93 bits per heavy atom. The number of aromatic nitrogens is 2. The van der Waals surface area contributed by atoms with Crippen molar-refractivity contribution in [3.63, 3.8) is 0 Å². The molecule has 0 aromatic carbocycles. The fourth-order valence-corrected chi connectivity index (χ4v) is 0.935. The maximum absolute atomic E-state index is 5.38. The predicted octanol–water partition coefficient (Wildman–Crippen LogP) is 0.934. The normalized spacial score (nSPS) is 9.86. The highest BCUT2D eigenvalue weighted by Gasteiger charge is 1.97. The van der Waals surface area contributed by atoms with E-state index < -0.39 is 0 Å². The van der Waals surface area contributed by atoms with Gasteiger partial charge in [-0.25, -0.2) is 9.97 Å². The summed E-state index contributed by atoms with van der Waals surface area (Å²) in [6, 6.07) is 1.76. The van der Waals surface area contributed by atoms with E-state index in [4.69, 9.17) is 9.47 Å². The Hall–Kier alpha value is -1.36. The van der Waals surface area contributed by atoms with Crippen LogP contribution in [0.4, 0.5) is 5.82 Å². The average molecular weight is 197 g/mol. The van der Waals surface area contributed by atoms with Gasteiger partial charge in [0.1, 0.15) is 12.1 Å². The largest absolute Gasteiger partial charge is 0.477 e. The van der Waals surface area contributed by atoms with Gasteiger partial charge in [0.15, 0.2) is 0 Å². The van der Waals surface area contributed by atoms with Gasteiger partial charge in [-0.15, -0.1) is 0 Å². The lowest BCUT2D eigenvalue weighted by atomic mass is 10.5. The van der Waals surface area contributed by atoms with Gasteiger partial charge < -0.3 is 14.8 Å². The van der Waals surface area contributed by atoms with Gasteiger partial charge in [-0.2, -0.15) is 0 Å². The molecule has 0 aliphatic carbocycles. The van der Waals surface area contributed by atoms with Gasteiger partial charge in [-0.1, -0.05) is 0 Å². The van der Waals surface area contributed by atoms with Gasteiger partial charge in [-0.05, 0) is 0 Å². The van der Waals surface area contributed by atoms with Gasteiger partial charge in [0.25, 0.3) is 0 Å². The number of ether oxygens (including phenoxy) is 2. The zero-order valence-electron chi connectivity index (χ0n) is 8.49. The maximum atomic E-state index is 5.38. The molecule has 0 radical (unpaired) electrons. The molecule has 0 aliphatic heterocycles. The summed E-state index contributed by atoms with van der Waals surface area (Å²) in [6.07, 6.45) is 2.33. The summed E-state index contributed by atoms with van der Waals surface area (Å²) in [5.74, 6) is 1.34. The van der Waals surface area contributed by atoms with Crippen LogP contribution in [0.1, 0.15) is 6.42 Å². The lowest BCUT2D eigenvalue weighted by Crippen LogP contribution is -2.03. The molecule has 0 bridgehead atoms. The van der Waals surface area contributed by atoms with Crippen molar-refractivity contribution in [1.82, 2.24) is 9.97 Å². The summed E-state index contributed by atoms with van der Waals surface area (Å²) in [4.78, 5) is 7.95. The molecule has 0 saturated heterocycles. The smallest absolute Gasteiger partial charge is 0.218 e. The van der Waals surface area contributed by atoms with Crippen LogP contribution < -0.4 is 10.1 Å². The second kappa shape index (κ2) is 6.15. The molecule has 0 unspecified atom stereocenters. The van der Waals surface area contributed by atoms with Crippen LogP contribution in [0.3, 0.4) is 0 Å². The Kier molecular flexibility index (Phi) is 4.71. The number of nitrogens with one attached hydrogen (secondary N) is 1. The quantitative estimate of drug-likeness (QED) is 0.688. The first-order valence-electron chi connectivity index (χ1n) is 4.48. The van der Waals surface area contributed by atoms with E-state index in [1.54, 1.807) is 20.2 Å². The van der Waals surface area contributed by atoms with Crippen molar-refractivity contribution in [3.8, 4) is 5.88 Å². The first-order chi connectivity index (χ1) is 6.86. The first-order valence-corrected chi connectivity index (χ1v) is 4.48. The van der Waals surface area contributed by atoms with Crippen LogP contribution in [0.2, 0.25) is 0 Å². The molecule has 1 rings (SSSR count). The Bertz CT molecular complexity index is 268. The van der Waals surface area contributed by atoms with Crippen molar-refractivity contribution in [3.05, 3.63) is 12.4 Å². The van der Waals surface area contributed by atoms with Crippen molar-refractivity contribution in [2.75, 3.05) is 32.7 Å². The van der Waals surface area contributed by atoms with E-state index >= 15 is 0 Å². The predicted molar refractivity (Wildman–Crippen MR) is 53.6 cm³/mol. The van der Waals surface area contributed by atoms with Crippen molar-refractivity contribution in [1.29, 1.82) is 0 Å². The minimum absolute atomic E-state index is 0.584. The molecule has 1 aromatic heterocycles. The molecule has 78 valence electrons. The number of anilines is 1. The number of hydrogen-bond acceptors (Lipinski definition) is 5. The fraction of sp³-hybridized carbons (Fsp3) is 0.556. The Labute approximate surface area is 83.5 Å². The number of hydrogen-bond donors (Lipinski definition) is 1. The lowest BCUT2D eigenvalue weighted by molar-refractivity contribution is 0.170. The summed E-state index contributed by atoms with van der Waals surface area (Å²) in [7, 11) is 3.47. The molecule has 5 heteroatoms. The van der Waals surface area contributed by atoms with Gasteiger partial charge in [-0.3, -0.25) is 0 Å². The lowest BCUT2D eigenvalue weighted by Gasteiger charge is -2.05. The van der Waals surface area contributed by atoms with E-state index in [9.17, 15) is 0 Å². The van der Waals surface area contributed by atoms with Gasteiger partial charge >= 0.3 is 0 Å². The van der Waals surface area contributed by atoms with Crippen molar-refractivity contribution < 1.29 is 9.47 Å². The second-order valence-electron chi connectivity index (χ2n) is 2.69. The third-order valence-electron chi connectivity index (χ3n) is 1.64. The van der Waals surface area contributed by atoms with Crippen molar-refractivity contribution in [2.24, 2.45) is 0 Å². The van der Waals surface area contributed by atoms with Gasteiger partial charge in [0.2, 0.25) is 5.88 Å². The monoisotopic (exact) mass is 197 g/mol. The summed E-state index contributed by atoms with van der Waals surface area (Å²) in [5.41, 5.74) is 0. The molecule has 14 heavy (non-hydrogen) atoms. The molecule has 0 amide bonds. The molecular formula is C9H15N3O2. The van der Waals surface area contributed by atoms with Crippen molar-refractivity contribution in [2.45, 2.75) is 6.42 Å². The number of nitrogens with zero attached hydrogens (tertiary/aromatic N) is 2. The molecule has 0 spiro atoms. The Balaban J connectivity index is 2.34. The van der Waals surface area contributed by atoms with Crippen LogP contribution in [-0.4, -0.2) is 37.3 Å². The molecule has 1 heterocycles. The third kappa shape index (κ3) is 3.57. The molecular weight excluding hydrogens is 182 g/mol. The van der Waals surface area contributed by atoms with Crippen LogP contribution in [0.25, 0.3) is 0 Å². The highest BCUT2D eigenvalue weighted by Crippen LogP contribution is 2.09. The molecule has 0 saturated carbocycles. The van der Waals surface area contributed by atoms with Crippen LogP contribution in [0.15, 0.2) is 12.4 Å². The molecule has 0 fully saturated rings. The minimum atomic E-state index is 0.584. The fourth-order valence-electron chi connectivity index (χ4n) is 0.935. The number of rotatable bonds is 6. The van der Waals surface area contributed by atoms with Crippen LogP contribution >= 0.6 is 0 Å². The molecule has 5 nitrogen and oxygen atoms in total. The van der Waals surface area contributed by atoms with Crippen LogP contribution in [0.5, 0.6) is 5.88 Å². The number of methoxy groups -OCH3 is 1. The van der Waals surface area contributed by atoms with E-state index in [2.05, 4.69) is 15.3 Å². The van der Waals surface area contributed by atoms with Crippen molar-refractivity contribution >= 4 is 5.82 Å². The Morgan fingerprint density at radius 1 is 1.36 bits per heavy atom. The molecule has 1 aromatic rings. The molecule has 0 aliphatic rings. The van der Waals surface area contributed by atoms with E-state index in [1.807, 2.05) is 0 Å². The molecule has 1 N–H and O–H groups in total. The highest BCUT2D eigenvalue weighted by molar-refractivity contribution is 5.35. The highest BCUT2D eigenvalue weighted by atomic mass is 16.5. The minimum Gasteiger partial charge on any atom is -0.477 e. The molecule has 0 atom stereocenters. The van der Waals surface area contributed by atoms with Crippen LogP contribution in [0, 0.1) is 0 Å². The zero-order valence-corrected chi connectivity index (χ0v) is 8.49. The third-order valence-corrected chi connectivity index (χ3v) is 1.64. The maximum Gasteiger partial charge on any atom is 0.218 e. The summed E-state index contributed by atoms with van der Waals surface area (Å²) in [6.45, 7) is 1.30. The second-order valence-corrected chi connectivity index (χ2v) is 2.69. The van der Waals surface area contributed by atoms with Gasteiger partial charge in [0, 0.05) is 33.3 Å². The average Bonchev–Trinajstić information content (AvgIpc) is 2.25. The summed E-state index contributed by atoms with van der Waals surface area (Å²) in [5, 5.41) is 2.91. The van der Waals surface area contributed by atoms with E-state index in [0.717, 1.165) is 12.2 Å². The van der Waals surface area contributed by atoms with E-state index in [1.165, 1.54) is 6.33 Å². The van der Waals surface area contributed by atoms with E-state index in [0.29, 0.717) is 19.1 Å². The van der Waals surface area contributed by atoms with Gasteiger partial charge in [0.05, 0.1) is 6.61 Å².